The second-order valence-electron chi connectivity index (χ2n) is 6.43. The number of urea groups is 1. The fourth-order valence-electron chi connectivity index (χ4n) is 2.65. The predicted octanol–water partition coefficient (Wildman–Crippen LogP) is -0.119. The van der Waals surface area contributed by atoms with E-state index in [9.17, 15) is 19.8 Å². The summed E-state index contributed by atoms with van der Waals surface area (Å²) in [6.45, 7) is 0.943. The lowest BCUT2D eigenvalue weighted by Crippen LogP contribution is -2.47. The monoisotopic (exact) mass is 362 g/mol. The molecule has 3 amide bonds. The molecule has 0 bridgehead atoms. The summed E-state index contributed by atoms with van der Waals surface area (Å²) >= 11 is 0. The summed E-state index contributed by atoms with van der Waals surface area (Å²) < 4.78 is 0. The molecule has 8 nitrogen and oxygen atoms in total. The molecule has 26 heavy (non-hydrogen) atoms. The lowest BCUT2D eigenvalue weighted by molar-refractivity contribution is -0.130. The molecule has 0 saturated heterocycles. The Morgan fingerprint density at radius 1 is 1.27 bits per heavy atom. The molecule has 8 heteroatoms. The topological polar surface area (TPSA) is 105 Å². The van der Waals surface area contributed by atoms with Crippen LogP contribution in [-0.4, -0.2) is 78.0 Å². The Labute approximate surface area is 153 Å². The molecule has 1 unspecified atom stereocenters. The van der Waals surface area contributed by atoms with Crippen LogP contribution in [0.5, 0.6) is 5.75 Å². The van der Waals surface area contributed by atoms with Gasteiger partial charge in [0.25, 0.3) is 0 Å². The summed E-state index contributed by atoms with van der Waals surface area (Å²) in [4.78, 5) is 26.7. The number of phenolic OH excluding ortho intramolecular Hbond substituents is 1. The summed E-state index contributed by atoms with van der Waals surface area (Å²) in [6, 6.07) is 6.78. The first-order valence-electron chi connectivity index (χ1n) is 8.49. The van der Waals surface area contributed by atoms with Crippen LogP contribution in [0.4, 0.5) is 4.79 Å². The number of aliphatic hydroxyl groups excluding tert-OH is 1. The molecule has 1 aromatic rings. The summed E-state index contributed by atoms with van der Waals surface area (Å²) in [6.07, 6.45) is 2.53. The van der Waals surface area contributed by atoms with Gasteiger partial charge in [0.15, 0.2) is 0 Å². The van der Waals surface area contributed by atoms with Crippen LogP contribution in [0.3, 0.4) is 0 Å². The van der Waals surface area contributed by atoms with Crippen LogP contribution in [0.25, 0.3) is 0 Å². The van der Waals surface area contributed by atoms with E-state index in [1.165, 1.54) is 17.1 Å². The maximum atomic E-state index is 11.9. The van der Waals surface area contributed by atoms with Crippen molar-refractivity contribution in [3.05, 3.63) is 42.0 Å². The van der Waals surface area contributed by atoms with E-state index >= 15 is 0 Å². The maximum absolute atomic E-state index is 11.9. The van der Waals surface area contributed by atoms with Gasteiger partial charge < -0.3 is 30.6 Å². The standard InChI is InChI=1S/C18H26N4O4/c1-21(2)14(11-13-3-5-15(23)6-4-13)12-20-18(26)19-9-10-22-16(24)7-8-17(22)25/h3-8,14,16,23-24H,9-12H2,1-2H3,(H2,19,20,26)/t14-,16?/m0/s1. The predicted molar refractivity (Wildman–Crippen MR) is 97.5 cm³/mol. The lowest BCUT2D eigenvalue weighted by atomic mass is 10.1. The number of hydrogen-bond acceptors (Lipinski definition) is 5. The van der Waals surface area contributed by atoms with E-state index in [1.807, 2.05) is 31.1 Å². The summed E-state index contributed by atoms with van der Waals surface area (Å²) in [5, 5.41) is 24.4. The van der Waals surface area contributed by atoms with Crippen LogP contribution in [0.1, 0.15) is 5.56 Å². The van der Waals surface area contributed by atoms with E-state index in [0.717, 1.165) is 12.0 Å². The SMILES string of the molecule is CN(C)[C@H](CNC(=O)NCCN1C(=O)C=CC1O)Cc1ccc(O)cc1. The van der Waals surface area contributed by atoms with Gasteiger partial charge in [-0.3, -0.25) is 4.79 Å². The number of amides is 3. The van der Waals surface area contributed by atoms with Crippen molar-refractivity contribution in [2.45, 2.75) is 18.7 Å². The van der Waals surface area contributed by atoms with Crippen LogP contribution in [0.2, 0.25) is 0 Å². The van der Waals surface area contributed by atoms with Crippen molar-refractivity contribution in [2.75, 3.05) is 33.7 Å². The van der Waals surface area contributed by atoms with Crippen molar-refractivity contribution in [3.63, 3.8) is 0 Å². The van der Waals surface area contributed by atoms with Crippen molar-refractivity contribution in [2.24, 2.45) is 0 Å². The van der Waals surface area contributed by atoms with Crippen molar-refractivity contribution >= 4 is 11.9 Å². The number of phenols is 1. The van der Waals surface area contributed by atoms with Gasteiger partial charge in [-0.2, -0.15) is 0 Å². The lowest BCUT2D eigenvalue weighted by Gasteiger charge is -2.25. The summed E-state index contributed by atoms with van der Waals surface area (Å²) in [5.41, 5.74) is 1.07. The molecule has 1 aliphatic rings. The Balaban J connectivity index is 1.73. The molecule has 4 N–H and O–H groups in total. The average molecular weight is 362 g/mol. The molecule has 0 fully saturated rings. The maximum Gasteiger partial charge on any atom is 0.314 e. The van der Waals surface area contributed by atoms with Gasteiger partial charge in [0.05, 0.1) is 0 Å². The van der Waals surface area contributed by atoms with E-state index in [2.05, 4.69) is 10.6 Å². The minimum Gasteiger partial charge on any atom is -0.508 e. The first-order valence-corrected chi connectivity index (χ1v) is 8.49. The molecule has 0 aliphatic carbocycles. The van der Waals surface area contributed by atoms with Gasteiger partial charge >= 0.3 is 6.03 Å². The number of aliphatic hydroxyl groups is 1. The van der Waals surface area contributed by atoms with Gasteiger partial charge in [-0.1, -0.05) is 12.1 Å². The van der Waals surface area contributed by atoms with Gasteiger partial charge in [0.1, 0.15) is 12.0 Å². The van der Waals surface area contributed by atoms with Crippen LogP contribution < -0.4 is 10.6 Å². The number of nitrogens with zero attached hydrogens (tertiary/aromatic N) is 2. The number of carbonyl (C=O) groups is 2. The van der Waals surface area contributed by atoms with Crippen LogP contribution in [-0.2, 0) is 11.2 Å². The third-order valence-corrected chi connectivity index (χ3v) is 4.29. The molecular formula is C18H26N4O4. The highest BCUT2D eigenvalue weighted by atomic mass is 16.3. The second kappa shape index (κ2) is 9.21. The highest BCUT2D eigenvalue weighted by Gasteiger charge is 2.23. The fraction of sp³-hybridized carbons (Fsp3) is 0.444. The Morgan fingerprint density at radius 3 is 2.54 bits per heavy atom. The molecule has 0 radical (unpaired) electrons. The smallest absolute Gasteiger partial charge is 0.314 e. The number of benzene rings is 1. The third kappa shape index (κ3) is 5.75. The van der Waals surface area contributed by atoms with Gasteiger partial charge in [0.2, 0.25) is 5.91 Å². The van der Waals surface area contributed by atoms with Gasteiger partial charge in [0, 0.05) is 31.8 Å². The van der Waals surface area contributed by atoms with Crippen molar-refractivity contribution in [1.82, 2.24) is 20.4 Å². The minimum atomic E-state index is -0.921. The zero-order chi connectivity index (χ0) is 19.1. The molecule has 142 valence electrons. The van der Waals surface area contributed by atoms with Gasteiger partial charge in [-0.05, 0) is 44.3 Å². The Morgan fingerprint density at radius 2 is 1.96 bits per heavy atom. The van der Waals surface area contributed by atoms with Crippen molar-refractivity contribution in [3.8, 4) is 5.75 Å². The quantitative estimate of drug-likeness (QED) is 0.516. The number of rotatable bonds is 8. The first-order chi connectivity index (χ1) is 12.4. The van der Waals surface area contributed by atoms with E-state index in [1.54, 1.807) is 12.1 Å². The average Bonchev–Trinajstić information content (AvgIpc) is 2.92. The highest BCUT2D eigenvalue weighted by molar-refractivity contribution is 5.90. The Bertz CT molecular complexity index is 645. The number of nitrogens with one attached hydrogen (secondary N) is 2. The molecule has 1 aromatic carbocycles. The first kappa shape index (κ1) is 19.7. The molecule has 1 aliphatic heterocycles. The van der Waals surface area contributed by atoms with Crippen LogP contribution >= 0.6 is 0 Å². The number of likely N-dealkylation sites (N-methyl/N-ethyl adjacent to an activating group) is 1. The molecule has 0 saturated carbocycles. The number of carbonyl (C=O) groups excluding carboxylic acids is 2. The fourth-order valence-corrected chi connectivity index (χ4v) is 2.65. The molecule has 0 spiro atoms. The normalized spacial score (nSPS) is 17.6. The van der Waals surface area contributed by atoms with Crippen molar-refractivity contribution in [1.29, 1.82) is 0 Å². The molecule has 0 aromatic heterocycles. The number of hydrogen-bond donors (Lipinski definition) is 4. The highest BCUT2D eigenvalue weighted by Crippen LogP contribution is 2.12. The number of aromatic hydroxyl groups is 1. The molecule has 2 atom stereocenters. The van der Waals surface area contributed by atoms with E-state index in [4.69, 9.17) is 0 Å². The summed E-state index contributed by atoms with van der Waals surface area (Å²) in [7, 11) is 3.88. The van der Waals surface area contributed by atoms with E-state index < -0.39 is 6.23 Å². The minimum absolute atomic E-state index is 0.0940. The zero-order valence-corrected chi connectivity index (χ0v) is 15.1. The zero-order valence-electron chi connectivity index (χ0n) is 15.1. The van der Waals surface area contributed by atoms with Crippen LogP contribution in [0, 0.1) is 0 Å². The molecule has 1 heterocycles. The Hall–Kier alpha value is -2.58. The summed E-state index contributed by atoms with van der Waals surface area (Å²) in [5.74, 6) is -0.0364. The van der Waals surface area contributed by atoms with E-state index in [0.29, 0.717) is 6.54 Å². The molecule has 2 rings (SSSR count). The Kier molecular flexibility index (Phi) is 6.99. The molecular weight excluding hydrogens is 336 g/mol. The van der Waals surface area contributed by atoms with Gasteiger partial charge in [-0.15, -0.1) is 0 Å². The van der Waals surface area contributed by atoms with E-state index in [-0.39, 0.29) is 36.8 Å². The van der Waals surface area contributed by atoms with Gasteiger partial charge in [-0.25, -0.2) is 4.79 Å². The largest absolute Gasteiger partial charge is 0.508 e. The van der Waals surface area contributed by atoms with Crippen molar-refractivity contribution < 1.29 is 19.8 Å². The third-order valence-electron chi connectivity index (χ3n) is 4.29. The van der Waals surface area contributed by atoms with Crippen LogP contribution in [0.15, 0.2) is 36.4 Å². The second-order valence-corrected chi connectivity index (χ2v) is 6.43.